The molecule has 12 aromatic carbocycles. The summed E-state index contributed by atoms with van der Waals surface area (Å²) in [7, 11) is 0. The second-order valence-corrected chi connectivity index (χ2v) is 18.9. The molecule has 12 aromatic rings. The molecule has 334 valence electrons. The third-order valence-corrected chi connectivity index (χ3v) is 14.9. The lowest BCUT2D eigenvalue weighted by atomic mass is 9.74. The van der Waals surface area contributed by atoms with Crippen LogP contribution in [-0.2, 0) is 5.41 Å². The highest BCUT2D eigenvalue weighted by Gasteiger charge is 2.42. The number of nitrogens with zero attached hydrogens (tertiary/aromatic N) is 1. The number of fused-ring (bicyclic) bond motifs is 6. The van der Waals surface area contributed by atoms with Crippen molar-refractivity contribution in [2.24, 2.45) is 0 Å². The van der Waals surface area contributed by atoms with E-state index >= 15 is 0 Å². The summed E-state index contributed by atoms with van der Waals surface area (Å²) in [5.74, 6) is 0. The Hall–Kier alpha value is -9.04. The molecule has 0 heterocycles. The van der Waals surface area contributed by atoms with E-state index in [1.807, 2.05) is 0 Å². The second-order valence-electron chi connectivity index (χ2n) is 18.9. The smallest absolute Gasteiger partial charge is 0.0543 e. The molecule has 1 unspecified atom stereocenters. The Morgan fingerprint density at radius 3 is 1.38 bits per heavy atom. The van der Waals surface area contributed by atoms with Gasteiger partial charge in [-0.2, -0.15) is 0 Å². The summed E-state index contributed by atoms with van der Waals surface area (Å²) >= 11 is 0. The van der Waals surface area contributed by atoms with Crippen LogP contribution in [0, 0.1) is 0 Å². The third-order valence-electron chi connectivity index (χ3n) is 14.9. The van der Waals surface area contributed by atoms with E-state index in [1.165, 1.54) is 99.4 Å². The molecule has 1 nitrogen and oxygen atoms in total. The van der Waals surface area contributed by atoms with Crippen molar-refractivity contribution in [2.45, 2.75) is 12.3 Å². The van der Waals surface area contributed by atoms with Crippen molar-refractivity contribution in [2.75, 3.05) is 4.90 Å². The van der Waals surface area contributed by atoms with Crippen LogP contribution in [0.5, 0.6) is 0 Å². The van der Waals surface area contributed by atoms with Gasteiger partial charge in [0.05, 0.1) is 5.69 Å². The maximum Gasteiger partial charge on any atom is 0.0543 e. The molecule has 0 saturated heterocycles. The van der Waals surface area contributed by atoms with Gasteiger partial charge in [0, 0.05) is 22.4 Å². The summed E-state index contributed by atoms with van der Waals surface area (Å²) in [5, 5.41) is 4.99. The minimum Gasteiger partial charge on any atom is -0.310 e. The van der Waals surface area contributed by atoms with Gasteiger partial charge in [-0.1, -0.05) is 243 Å². The van der Waals surface area contributed by atoms with E-state index in [4.69, 9.17) is 0 Å². The van der Waals surface area contributed by atoms with Crippen molar-refractivity contribution < 1.29 is 0 Å². The minimum absolute atomic E-state index is 0.336. The Morgan fingerprint density at radius 2 is 0.718 bits per heavy atom. The van der Waals surface area contributed by atoms with Crippen LogP contribution in [-0.4, -0.2) is 0 Å². The lowest BCUT2D eigenvalue weighted by Crippen LogP contribution is -2.22. The van der Waals surface area contributed by atoms with Crippen LogP contribution in [0.2, 0.25) is 0 Å². The Bertz CT molecular complexity index is 3900. The van der Waals surface area contributed by atoms with Gasteiger partial charge >= 0.3 is 0 Å². The topological polar surface area (TPSA) is 3.24 Å². The van der Waals surface area contributed by atoms with Crippen molar-refractivity contribution in [3.05, 3.63) is 296 Å². The van der Waals surface area contributed by atoms with E-state index < -0.39 is 0 Å². The highest BCUT2D eigenvalue weighted by molar-refractivity contribution is 6.22. The monoisotopic (exact) mass is 903 g/mol. The predicted octanol–water partition coefficient (Wildman–Crippen LogP) is 19.1. The van der Waals surface area contributed by atoms with Gasteiger partial charge in [-0.25, -0.2) is 0 Å². The summed E-state index contributed by atoms with van der Waals surface area (Å²) in [5.41, 5.74) is 21.5. The van der Waals surface area contributed by atoms with Crippen molar-refractivity contribution >= 4 is 38.6 Å². The lowest BCUT2D eigenvalue weighted by Gasteiger charge is -2.31. The molecule has 1 aliphatic carbocycles. The van der Waals surface area contributed by atoms with Gasteiger partial charge in [0.15, 0.2) is 0 Å². The van der Waals surface area contributed by atoms with Gasteiger partial charge in [0.25, 0.3) is 0 Å². The largest absolute Gasteiger partial charge is 0.310 e. The van der Waals surface area contributed by atoms with Crippen LogP contribution in [0.1, 0.15) is 23.6 Å². The number of hydrogen-bond donors (Lipinski definition) is 0. The molecule has 13 rings (SSSR count). The molecule has 0 fully saturated rings. The molecule has 0 amide bonds. The zero-order valence-corrected chi connectivity index (χ0v) is 39.5. The van der Waals surface area contributed by atoms with Crippen LogP contribution in [0.25, 0.3) is 88.3 Å². The molecule has 0 aromatic heterocycles. The number of anilines is 3. The minimum atomic E-state index is -0.336. The first-order chi connectivity index (χ1) is 35.1. The van der Waals surface area contributed by atoms with Gasteiger partial charge in [0.1, 0.15) is 0 Å². The maximum atomic E-state index is 2.48. The molecule has 1 aliphatic rings. The highest BCUT2D eigenvalue weighted by atomic mass is 15.1. The van der Waals surface area contributed by atoms with Gasteiger partial charge in [-0.15, -0.1) is 0 Å². The Balaban J connectivity index is 0.996. The van der Waals surface area contributed by atoms with Crippen LogP contribution in [0.15, 0.2) is 279 Å². The quantitative estimate of drug-likeness (QED) is 0.130. The van der Waals surface area contributed by atoms with E-state index in [2.05, 4.69) is 291 Å². The fourth-order valence-corrected chi connectivity index (χ4v) is 11.5. The molecule has 0 aliphatic heterocycles. The first kappa shape index (κ1) is 42.1. The molecule has 0 spiro atoms. The molecule has 71 heavy (non-hydrogen) atoms. The maximum absolute atomic E-state index is 2.48. The first-order valence-corrected chi connectivity index (χ1v) is 24.7. The van der Waals surface area contributed by atoms with Gasteiger partial charge in [-0.3, -0.25) is 0 Å². The lowest BCUT2D eigenvalue weighted by molar-refractivity contribution is 0.714. The van der Waals surface area contributed by atoms with E-state index in [-0.39, 0.29) is 5.41 Å². The van der Waals surface area contributed by atoms with Crippen molar-refractivity contribution in [1.82, 2.24) is 0 Å². The van der Waals surface area contributed by atoms with Crippen molar-refractivity contribution in [3.63, 3.8) is 0 Å². The molecular weight excluding hydrogens is 855 g/mol. The number of hydrogen-bond acceptors (Lipinski definition) is 1. The first-order valence-electron chi connectivity index (χ1n) is 24.7. The summed E-state index contributed by atoms with van der Waals surface area (Å²) in [4.78, 5) is 2.48. The van der Waals surface area contributed by atoms with Crippen LogP contribution in [0.4, 0.5) is 17.1 Å². The summed E-state index contributed by atoms with van der Waals surface area (Å²) in [6.07, 6.45) is 0. The molecule has 0 saturated carbocycles. The summed E-state index contributed by atoms with van der Waals surface area (Å²) < 4.78 is 0. The molecule has 0 radical (unpaired) electrons. The Labute approximate surface area is 416 Å². The fraction of sp³-hybridized carbons (Fsp3) is 0.0286. The van der Waals surface area contributed by atoms with E-state index in [9.17, 15) is 0 Å². The van der Waals surface area contributed by atoms with Crippen molar-refractivity contribution in [1.29, 1.82) is 0 Å². The zero-order valence-electron chi connectivity index (χ0n) is 39.5. The van der Waals surface area contributed by atoms with Gasteiger partial charge < -0.3 is 4.90 Å². The molecule has 0 bridgehead atoms. The van der Waals surface area contributed by atoms with Crippen molar-refractivity contribution in [3.8, 4) is 66.8 Å². The number of benzene rings is 12. The second kappa shape index (κ2) is 17.5. The predicted molar refractivity (Wildman–Crippen MR) is 301 cm³/mol. The van der Waals surface area contributed by atoms with E-state index in [0.717, 1.165) is 22.6 Å². The highest BCUT2D eigenvalue weighted by Crippen LogP contribution is 2.57. The molecular formula is C70H49N. The number of rotatable bonds is 9. The van der Waals surface area contributed by atoms with Crippen LogP contribution >= 0.6 is 0 Å². The molecule has 0 N–H and O–H groups in total. The summed E-state index contributed by atoms with van der Waals surface area (Å²) in [6.45, 7) is 2.40. The third kappa shape index (κ3) is 7.17. The Kier molecular flexibility index (Phi) is 10.4. The van der Waals surface area contributed by atoms with Crippen LogP contribution in [0.3, 0.4) is 0 Å². The standard InChI is InChI=1S/C70H49N/c1-70(56-27-12-5-13-28-56)64-33-17-16-32-62(64)69-65(70)34-19-35-66(69)71(57-43-40-51(41-44-57)50-38-36-49(37-39-50)48-20-6-2-7-21-48)58-29-18-26-54(46-58)55-42-45-60-59-30-14-15-31-61(59)67(52-22-8-3-9-23-52)68(63(60)47-55)53-24-10-4-11-25-53/h2-47H,1H3. The summed E-state index contributed by atoms with van der Waals surface area (Å²) in [6, 6.07) is 103. The average molecular weight is 904 g/mol. The fourth-order valence-electron chi connectivity index (χ4n) is 11.5. The van der Waals surface area contributed by atoms with E-state index in [0.29, 0.717) is 0 Å². The molecule has 1 atom stereocenters. The zero-order chi connectivity index (χ0) is 47.3. The van der Waals surface area contributed by atoms with Gasteiger partial charge in [-0.05, 0) is 143 Å². The Morgan fingerprint density at radius 1 is 0.268 bits per heavy atom. The SMILES string of the molecule is CC1(c2ccccc2)c2ccccc2-c2c(N(c3ccc(-c4ccc(-c5ccccc5)cc4)cc3)c3cccc(-c4ccc5c(c4)c(-c4ccccc4)c(-c4ccccc4)c4ccccc45)c3)cccc21. The van der Waals surface area contributed by atoms with Gasteiger partial charge in [0.2, 0.25) is 0 Å². The van der Waals surface area contributed by atoms with Crippen LogP contribution < -0.4 is 4.90 Å². The van der Waals surface area contributed by atoms with E-state index in [1.54, 1.807) is 0 Å². The molecule has 1 heteroatoms. The normalized spacial score (nSPS) is 13.8. The average Bonchev–Trinajstić information content (AvgIpc) is 3.72.